The van der Waals surface area contributed by atoms with Crippen LogP contribution in [0.1, 0.15) is 19.8 Å². The molecule has 1 unspecified atom stereocenters. The summed E-state index contributed by atoms with van der Waals surface area (Å²) in [7, 11) is 0. The van der Waals surface area contributed by atoms with E-state index in [4.69, 9.17) is 5.11 Å². The van der Waals surface area contributed by atoms with Crippen LogP contribution in [0, 0.1) is 11.8 Å². The Kier molecular flexibility index (Phi) is 2.88. The van der Waals surface area contributed by atoms with E-state index in [1.807, 2.05) is 6.92 Å². The van der Waals surface area contributed by atoms with Crippen molar-refractivity contribution in [3.05, 3.63) is 0 Å². The molecule has 64 valence electrons. The van der Waals surface area contributed by atoms with Gasteiger partial charge < -0.3 is 10.4 Å². The van der Waals surface area contributed by atoms with Gasteiger partial charge in [0.2, 0.25) is 0 Å². The first kappa shape index (κ1) is 8.53. The van der Waals surface area contributed by atoms with E-state index in [0.717, 1.165) is 25.9 Å². The molecule has 1 saturated heterocycles. The van der Waals surface area contributed by atoms with E-state index in [0.29, 0.717) is 5.92 Å². The van der Waals surface area contributed by atoms with Crippen LogP contribution in [0.5, 0.6) is 0 Å². The van der Waals surface area contributed by atoms with E-state index in [9.17, 15) is 4.79 Å². The van der Waals surface area contributed by atoms with Crippen LogP contribution in [0.3, 0.4) is 0 Å². The molecular weight excluding hydrogens is 142 g/mol. The predicted octanol–water partition coefficient (Wildman–Crippen LogP) is -0.319. The molecule has 0 radical (unpaired) electrons. The number of quaternary nitrogens is 1. The number of carboxylic acids is 1. The molecule has 0 aromatic carbocycles. The third-order valence-electron chi connectivity index (χ3n) is 2.58. The maximum atomic E-state index is 10.6. The van der Waals surface area contributed by atoms with Gasteiger partial charge in [-0.2, -0.15) is 0 Å². The van der Waals surface area contributed by atoms with Crippen molar-refractivity contribution in [2.75, 3.05) is 13.1 Å². The average Bonchev–Trinajstić information content (AvgIpc) is 2.05. The molecule has 11 heavy (non-hydrogen) atoms. The number of hydrogen-bond acceptors (Lipinski definition) is 1. The van der Waals surface area contributed by atoms with Gasteiger partial charge in [-0.25, -0.2) is 0 Å². The monoisotopic (exact) mass is 158 g/mol. The quantitative estimate of drug-likeness (QED) is 0.578. The van der Waals surface area contributed by atoms with Crippen molar-refractivity contribution in [2.24, 2.45) is 11.8 Å². The van der Waals surface area contributed by atoms with Crippen molar-refractivity contribution >= 4 is 5.97 Å². The minimum absolute atomic E-state index is 0.149. The molecule has 0 aromatic rings. The maximum absolute atomic E-state index is 10.6. The van der Waals surface area contributed by atoms with E-state index in [-0.39, 0.29) is 5.92 Å². The first-order valence-electron chi connectivity index (χ1n) is 4.26. The Labute approximate surface area is 66.8 Å². The SMILES string of the molecule is CC(C(=O)O)C1CC[NH2+]CC1. The highest BCUT2D eigenvalue weighted by Gasteiger charge is 2.26. The predicted molar refractivity (Wildman–Crippen MR) is 41.2 cm³/mol. The lowest BCUT2D eigenvalue weighted by Crippen LogP contribution is -2.86. The molecule has 3 heteroatoms. The third kappa shape index (κ3) is 2.19. The summed E-state index contributed by atoms with van der Waals surface area (Å²) < 4.78 is 0. The second-order valence-electron chi connectivity index (χ2n) is 3.33. The average molecular weight is 158 g/mol. The number of carboxylic acid groups (broad SMARTS) is 1. The van der Waals surface area contributed by atoms with Crippen LogP contribution >= 0.6 is 0 Å². The topological polar surface area (TPSA) is 53.9 Å². The Bertz CT molecular complexity index is 141. The zero-order valence-corrected chi connectivity index (χ0v) is 6.92. The molecule has 0 bridgehead atoms. The van der Waals surface area contributed by atoms with E-state index < -0.39 is 5.97 Å². The molecule has 0 aromatic heterocycles. The van der Waals surface area contributed by atoms with Crippen molar-refractivity contribution in [3.63, 3.8) is 0 Å². The van der Waals surface area contributed by atoms with Crippen LogP contribution in [-0.2, 0) is 4.79 Å². The van der Waals surface area contributed by atoms with Crippen LogP contribution in [0.25, 0.3) is 0 Å². The van der Waals surface area contributed by atoms with Gasteiger partial charge in [-0.15, -0.1) is 0 Å². The first-order chi connectivity index (χ1) is 5.22. The molecule has 0 aliphatic carbocycles. The summed E-state index contributed by atoms with van der Waals surface area (Å²) in [6.45, 7) is 4.02. The summed E-state index contributed by atoms with van der Waals surface area (Å²) in [5.74, 6) is -0.377. The van der Waals surface area contributed by atoms with Gasteiger partial charge in [-0.1, -0.05) is 6.92 Å². The van der Waals surface area contributed by atoms with Crippen LogP contribution < -0.4 is 5.32 Å². The van der Waals surface area contributed by atoms with Gasteiger partial charge in [0, 0.05) is 12.8 Å². The van der Waals surface area contributed by atoms with Crippen molar-refractivity contribution in [1.82, 2.24) is 0 Å². The van der Waals surface area contributed by atoms with Crippen LogP contribution in [0.2, 0.25) is 0 Å². The zero-order valence-electron chi connectivity index (χ0n) is 6.92. The molecule has 1 aliphatic heterocycles. The van der Waals surface area contributed by atoms with Crippen LogP contribution in [0.4, 0.5) is 0 Å². The fraction of sp³-hybridized carbons (Fsp3) is 0.875. The lowest BCUT2D eigenvalue weighted by atomic mass is 9.86. The molecule has 1 rings (SSSR count). The first-order valence-corrected chi connectivity index (χ1v) is 4.26. The Morgan fingerprint density at radius 2 is 2.09 bits per heavy atom. The Morgan fingerprint density at radius 1 is 1.55 bits per heavy atom. The highest BCUT2D eigenvalue weighted by molar-refractivity contribution is 5.69. The fourth-order valence-electron chi connectivity index (χ4n) is 1.65. The fourth-order valence-corrected chi connectivity index (χ4v) is 1.65. The van der Waals surface area contributed by atoms with Gasteiger partial charge in [0.15, 0.2) is 0 Å². The lowest BCUT2D eigenvalue weighted by molar-refractivity contribution is -0.665. The Hall–Kier alpha value is -0.570. The normalized spacial score (nSPS) is 23.0. The number of hydrogen-bond donors (Lipinski definition) is 2. The highest BCUT2D eigenvalue weighted by Crippen LogP contribution is 2.19. The van der Waals surface area contributed by atoms with E-state index >= 15 is 0 Å². The number of rotatable bonds is 2. The molecule has 0 spiro atoms. The zero-order chi connectivity index (χ0) is 8.27. The molecule has 3 N–H and O–H groups in total. The summed E-state index contributed by atoms with van der Waals surface area (Å²) in [5, 5.41) is 11.0. The third-order valence-corrected chi connectivity index (χ3v) is 2.58. The number of carbonyl (C=O) groups is 1. The van der Waals surface area contributed by atoms with Gasteiger partial charge in [0.1, 0.15) is 0 Å². The van der Waals surface area contributed by atoms with Crippen molar-refractivity contribution < 1.29 is 15.2 Å². The Balaban J connectivity index is 2.38. The number of piperidine rings is 1. The molecule has 0 amide bonds. The summed E-state index contributed by atoms with van der Waals surface area (Å²) in [4.78, 5) is 10.6. The second-order valence-corrected chi connectivity index (χ2v) is 3.33. The molecule has 1 aliphatic rings. The van der Waals surface area contributed by atoms with E-state index in [2.05, 4.69) is 5.32 Å². The number of aliphatic carboxylic acids is 1. The van der Waals surface area contributed by atoms with Gasteiger partial charge in [-0.3, -0.25) is 4.79 Å². The number of nitrogens with two attached hydrogens (primary N) is 1. The highest BCUT2D eigenvalue weighted by atomic mass is 16.4. The summed E-state index contributed by atoms with van der Waals surface area (Å²) in [6, 6.07) is 0. The lowest BCUT2D eigenvalue weighted by Gasteiger charge is -2.23. The molecule has 1 fully saturated rings. The van der Waals surface area contributed by atoms with Crippen molar-refractivity contribution in [3.8, 4) is 0 Å². The standard InChI is InChI=1S/C8H15NO2/c1-6(8(10)11)7-2-4-9-5-3-7/h6-7,9H,2-5H2,1H3,(H,10,11)/p+1. The summed E-state index contributed by atoms with van der Waals surface area (Å²) in [6.07, 6.45) is 2.13. The largest absolute Gasteiger partial charge is 0.481 e. The van der Waals surface area contributed by atoms with E-state index in [1.54, 1.807) is 0 Å². The molecule has 0 saturated carbocycles. The van der Waals surface area contributed by atoms with Crippen LogP contribution in [0.15, 0.2) is 0 Å². The van der Waals surface area contributed by atoms with Crippen molar-refractivity contribution in [2.45, 2.75) is 19.8 Å². The minimum Gasteiger partial charge on any atom is -0.481 e. The smallest absolute Gasteiger partial charge is 0.306 e. The second kappa shape index (κ2) is 3.72. The molecule has 1 heterocycles. The maximum Gasteiger partial charge on any atom is 0.306 e. The molecule has 3 nitrogen and oxygen atoms in total. The minimum atomic E-state index is -0.642. The van der Waals surface area contributed by atoms with Gasteiger partial charge >= 0.3 is 5.97 Å². The Morgan fingerprint density at radius 3 is 2.55 bits per heavy atom. The summed E-state index contributed by atoms with van der Waals surface area (Å²) in [5.41, 5.74) is 0. The van der Waals surface area contributed by atoms with Crippen molar-refractivity contribution in [1.29, 1.82) is 0 Å². The van der Waals surface area contributed by atoms with Gasteiger partial charge in [0.25, 0.3) is 0 Å². The van der Waals surface area contributed by atoms with Gasteiger partial charge in [0.05, 0.1) is 19.0 Å². The van der Waals surface area contributed by atoms with Crippen LogP contribution in [-0.4, -0.2) is 24.2 Å². The molecule has 1 atom stereocenters. The summed E-state index contributed by atoms with van der Waals surface area (Å²) >= 11 is 0. The van der Waals surface area contributed by atoms with E-state index in [1.165, 1.54) is 0 Å². The van der Waals surface area contributed by atoms with Gasteiger partial charge in [-0.05, 0) is 5.92 Å². The molecular formula is C8H16NO2+.